The van der Waals surface area contributed by atoms with E-state index in [1.54, 1.807) is 4.90 Å². The highest BCUT2D eigenvalue weighted by atomic mass is 16.5. The van der Waals surface area contributed by atoms with Crippen LogP contribution in [0.2, 0.25) is 0 Å². The van der Waals surface area contributed by atoms with Crippen LogP contribution in [-0.4, -0.2) is 24.5 Å². The van der Waals surface area contributed by atoms with Crippen LogP contribution in [-0.2, 0) is 17.8 Å². The fourth-order valence-corrected chi connectivity index (χ4v) is 2.22. The minimum absolute atomic E-state index is 0.0658. The topological polar surface area (TPSA) is 55.6 Å². The molecule has 0 unspecified atom stereocenters. The fraction of sp³-hybridized carbons (Fsp3) is 0.278. The average molecular weight is 298 g/mol. The van der Waals surface area contributed by atoms with Gasteiger partial charge in [-0.2, -0.15) is 0 Å². The average Bonchev–Trinajstić information content (AvgIpc) is 2.51. The van der Waals surface area contributed by atoms with Crippen molar-refractivity contribution in [1.82, 2.24) is 4.90 Å². The predicted octanol–water partition coefficient (Wildman–Crippen LogP) is 2.87. The molecule has 0 saturated carbocycles. The van der Waals surface area contributed by atoms with Crippen molar-refractivity contribution >= 4 is 11.6 Å². The highest BCUT2D eigenvalue weighted by molar-refractivity contribution is 5.78. The molecule has 4 heteroatoms. The Morgan fingerprint density at radius 3 is 2.50 bits per heavy atom. The van der Waals surface area contributed by atoms with Crippen LogP contribution in [0.5, 0.6) is 5.75 Å². The van der Waals surface area contributed by atoms with Crippen LogP contribution in [0.25, 0.3) is 0 Å². The second kappa shape index (κ2) is 7.50. The van der Waals surface area contributed by atoms with Gasteiger partial charge >= 0.3 is 0 Å². The Balaban J connectivity index is 2.00. The van der Waals surface area contributed by atoms with Gasteiger partial charge < -0.3 is 15.4 Å². The van der Waals surface area contributed by atoms with Crippen molar-refractivity contribution in [2.24, 2.45) is 0 Å². The second-order valence-corrected chi connectivity index (χ2v) is 5.21. The zero-order valence-electron chi connectivity index (χ0n) is 13.1. The van der Waals surface area contributed by atoms with E-state index in [2.05, 4.69) is 0 Å². The Hall–Kier alpha value is -2.49. The smallest absolute Gasteiger partial charge is 0.227 e. The van der Waals surface area contributed by atoms with Crippen molar-refractivity contribution < 1.29 is 9.53 Å². The first-order valence-electron chi connectivity index (χ1n) is 7.39. The number of para-hydroxylation sites is 1. The van der Waals surface area contributed by atoms with Gasteiger partial charge in [-0.3, -0.25) is 4.79 Å². The van der Waals surface area contributed by atoms with Crippen molar-refractivity contribution in [2.45, 2.75) is 19.9 Å². The summed E-state index contributed by atoms with van der Waals surface area (Å²) in [5.74, 6) is 0.896. The third kappa shape index (κ3) is 4.25. The molecule has 2 rings (SSSR count). The maximum atomic E-state index is 12.3. The minimum atomic E-state index is 0.0658. The number of nitrogen functional groups attached to an aromatic ring is 1. The Bertz CT molecular complexity index is 623. The van der Waals surface area contributed by atoms with Gasteiger partial charge in [-0.25, -0.2) is 0 Å². The molecule has 0 heterocycles. The molecule has 0 fully saturated rings. The van der Waals surface area contributed by atoms with Gasteiger partial charge in [0.15, 0.2) is 0 Å². The summed E-state index contributed by atoms with van der Waals surface area (Å²) in [5.41, 5.74) is 8.33. The molecule has 0 aliphatic rings. The lowest BCUT2D eigenvalue weighted by Gasteiger charge is -2.19. The summed E-state index contributed by atoms with van der Waals surface area (Å²) in [4.78, 5) is 14.0. The number of carbonyl (C=O) groups excluding carboxylic acids is 1. The fourth-order valence-electron chi connectivity index (χ4n) is 2.22. The first-order chi connectivity index (χ1) is 10.6. The molecule has 0 atom stereocenters. The zero-order chi connectivity index (χ0) is 15.9. The van der Waals surface area contributed by atoms with E-state index in [9.17, 15) is 4.79 Å². The zero-order valence-corrected chi connectivity index (χ0v) is 13.1. The quantitative estimate of drug-likeness (QED) is 0.834. The van der Waals surface area contributed by atoms with E-state index in [1.165, 1.54) is 0 Å². The van der Waals surface area contributed by atoms with Crippen molar-refractivity contribution in [3.8, 4) is 5.75 Å². The van der Waals surface area contributed by atoms with E-state index in [0.717, 1.165) is 16.9 Å². The summed E-state index contributed by atoms with van der Waals surface area (Å²) < 4.78 is 5.60. The Morgan fingerprint density at radius 2 is 1.82 bits per heavy atom. The lowest BCUT2D eigenvalue weighted by molar-refractivity contribution is -0.129. The maximum Gasteiger partial charge on any atom is 0.227 e. The standard InChI is InChI=1S/C18H22N2O2/c1-3-22-17-7-5-4-6-15(17)13-20(2)18(21)12-14-8-10-16(19)11-9-14/h4-11H,3,12-13,19H2,1-2H3. The Labute approximate surface area is 131 Å². The second-order valence-electron chi connectivity index (χ2n) is 5.21. The molecule has 0 radical (unpaired) electrons. The normalized spacial score (nSPS) is 10.3. The Morgan fingerprint density at radius 1 is 1.14 bits per heavy atom. The minimum Gasteiger partial charge on any atom is -0.494 e. The summed E-state index contributed by atoms with van der Waals surface area (Å²) in [6, 6.07) is 15.2. The molecule has 2 aromatic carbocycles. The number of carbonyl (C=O) groups is 1. The number of hydrogen-bond donors (Lipinski definition) is 1. The van der Waals surface area contributed by atoms with Crippen molar-refractivity contribution in [1.29, 1.82) is 0 Å². The van der Waals surface area contributed by atoms with E-state index < -0.39 is 0 Å². The molecule has 22 heavy (non-hydrogen) atoms. The van der Waals surface area contributed by atoms with Gasteiger partial charge in [0.2, 0.25) is 5.91 Å². The molecule has 2 N–H and O–H groups in total. The number of amides is 1. The maximum absolute atomic E-state index is 12.3. The van der Waals surface area contributed by atoms with Crippen LogP contribution in [0.15, 0.2) is 48.5 Å². The highest BCUT2D eigenvalue weighted by Gasteiger charge is 2.12. The van der Waals surface area contributed by atoms with Gasteiger partial charge in [0.25, 0.3) is 0 Å². The van der Waals surface area contributed by atoms with Crippen LogP contribution >= 0.6 is 0 Å². The molecule has 0 aliphatic carbocycles. The first-order valence-corrected chi connectivity index (χ1v) is 7.39. The van der Waals surface area contributed by atoms with E-state index in [1.807, 2.05) is 62.5 Å². The highest BCUT2D eigenvalue weighted by Crippen LogP contribution is 2.19. The molecule has 2 aromatic rings. The molecular weight excluding hydrogens is 276 g/mol. The van der Waals surface area contributed by atoms with Crippen molar-refractivity contribution in [3.05, 3.63) is 59.7 Å². The third-order valence-electron chi connectivity index (χ3n) is 3.44. The molecule has 4 nitrogen and oxygen atoms in total. The molecule has 1 amide bonds. The summed E-state index contributed by atoms with van der Waals surface area (Å²) >= 11 is 0. The Kier molecular flexibility index (Phi) is 5.42. The van der Waals surface area contributed by atoms with E-state index >= 15 is 0 Å². The number of rotatable bonds is 6. The van der Waals surface area contributed by atoms with E-state index in [-0.39, 0.29) is 5.91 Å². The lowest BCUT2D eigenvalue weighted by Crippen LogP contribution is -2.27. The van der Waals surface area contributed by atoms with Crippen LogP contribution in [0.4, 0.5) is 5.69 Å². The van der Waals surface area contributed by atoms with Crippen LogP contribution in [0.3, 0.4) is 0 Å². The molecule has 0 saturated heterocycles. The summed E-state index contributed by atoms with van der Waals surface area (Å²) in [7, 11) is 1.81. The molecule has 116 valence electrons. The van der Waals surface area contributed by atoms with Gasteiger partial charge in [0.1, 0.15) is 5.75 Å². The van der Waals surface area contributed by atoms with Gasteiger partial charge in [-0.1, -0.05) is 30.3 Å². The first kappa shape index (κ1) is 15.9. The number of nitrogens with zero attached hydrogens (tertiary/aromatic N) is 1. The number of anilines is 1. The van der Waals surface area contributed by atoms with Gasteiger partial charge in [0, 0.05) is 24.8 Å². The number of benzene rings is 2. The van der Waals surface area contributed by atoms with Crippen LogP contribution in [0.1, 0.15) is 18.1 Å². The van der Waals surface area contributed by atoms with E-state index in [4.69, 9.17) is 10.5 Å². The number of nitrogens with two attached hydrogens (primary N) is 1. The largest absolute Gasteiger partial charge is 0.494 e. The summed E-state index contributed by atoms with van der Waals surface area (Å²) in [6.45, 7) is 3.09. The van der Waals surface area contributed by atoms with Gasteiger partial charge in [-0.15, -0.1) is 0 Å². The predicted molar refractivity (Wildman–Crippen MR) is 88.6 cm³/mol. The monoisotopic (exact) mass is 298 g/mol. The van der Waals surface area contributed by atoms with E-state index in [0.29, 0.717) is 25.3 Å². The third-order valence-corrected chi connectivity index (χ3v) is 3.44. The van der Waals surface area contributed by atoms with Crippen LogP contribution < -0.4 is 10.5 Å². The summed E-state index contributed by atoms with van der Waals surface area (Å²) in [6.07, 6.45) is 0.369. The molecule has 0 aliphatic heterocycles. The number of ether oxygens (including phenoxy) is 1. The van der Waals surface area contributed by atoms with Crippen LogP contribution in [0, 0.1) is 0 Å². The number of hydrogen-bond acceptors (Lipinski definition) is 3. The lowest BCUT2D eigenvalue weighted by atomic mass is 10.1. The molecular formula is C18H22N2O2. The van der Waals surface area contributed by atoms with Gasteiger partial charge in [-0.05, 0) is 30.7 Å². The van der Waals surface area contributed by atoms with Gasteiger partial charge in [0.05, 0.1) is 13.0 Å². The number of likely N-dealkylation sites (N-methyl/N-ethyl adjacent to an activating group) is 1. The summed E-state index contributed by atoms with van der Waals surface area (Å²) in [5, 5.41) is 0. The van der Waals surface area contributed by atoms with Crippen molar-refractivity contribution in [2.75, 3.05) is 19.4 Å². The van der Waals surface area contributed by atoms with Crippen molar-refractivity contribution in [3.63, 3.8) is 0 Å². The molecule has 0 bridgehead atoms. The molecule has 0 aromatic heterocycles. The SMILES string of the molecule is CCOc1ccccc1CN(C)C(=O)Cc1ccc(N)cc1. The molecule has 0 spiro atoms.